The van der Waals surface area contributed by atoms with E-state index in [-0.39, 0.29) is 5.91 Å². The lowest BCUT2D eigenvalue weighted by molar-refractivity contribution is -0.112. The first-order valence-corrected chi connectivity index (χ1v) is 5.28. The summed E-state index contributed by atoms with van der Waals surface area (Å²) in [5.74, 6) is -0.112. The molecule has 0 N–H and O–H groups in total. The van der Waals surface area contributed by atoms with Gasteiger partial charge in [-0.2, -0.15) is 0 Å². The van der Waals surface area contributed by atoms with Crippen molar-refractivity contribution in [1.29, 1.82) is 0 Å². The number of carbonyl (C=O) groups is 1. The molecule has 17 heavy (non-hydrogen) atoms. The molecule has 2 nitrogen and oxygen atoms in total. The van der Waals surface area contributed by atoms with Crippen LogP contribution in [-0.4, -0.2) is 5.91 Å². The molecule has 0 spiro atoms. The third-order valence-corrected chi connectivity index (χ3v) is 2.69. The van der Waals surface area contributed by atoms with E-state index in [0.29, 0.717) is 11.3 Å². The number of para-hydroxylation sites is 1. The first-order valence-electron chi connectivity index (χ1n) is 5.28. The molecule has 0 atom stereocenters. The number of nitrogens with zero attached hydrogens (tertiary/aromatic N) is 1. The summed E-state index contributed by atoms with van der Waals surface area (Å²) >= 11 is 0. The van der Waals surface area contributed by atoms with Crippen LogP contribution in [0.25, 0.3) is 5.57 Å². The average Bonchev–Trinajstić information content (AvgIpc) is 2.61. The van der Waals surface area contributed by atoms with Crippen molar-refractivity contribution in [2.45, 2.75) is 0 Å². The third-order valence-electron chi connectivity index (χ3n) is 2.69. The Kier molecular flexibility index (Phi) is 2.79. The number of benzene rings is 1. The van der Waals surface area contributed by atoms with Crippen molar-refractivity contribution in [2.24, 2.45) is 0 Å². The number of anilines is 1. The van der Waals surface area contributed by atoms with Gasteiger partial charge in [0.25, 0.3) is 5.91 Å². The molecular weight excluding hydrogens is 210 g/mol. The van der Waals surface area contributed by atoms with Gasteiger partial charge < -0.3 is 0 Å². The molecule has 0 saturated carbocycles. The number of allylic oxidation sites excluding steroid dienone is 3. The van der Waals surface area contributed by atoms with Gasteiger partial charge in [-0.15, -0.1) is 0 Å². The molecule has 1 heterocycles. The average molecular weight is 223 g/mol. The van der Waals surface area contributed by atoms with E-state index in [1.807, 2.05) is 24.3 Å². The van der Waals surface area contributed by atoms with Crippen LogP contribution < -0.4 is 4.90 Å². The maximum Gasteiger partial charge on any atom is 0.262 e. The number of fused-ring (bicyclic) bond motifs is 1. The fraction of sp³-hybridized carbons (Fsp3) is 0. The fourth-order valence-electron chi connectivity index (χ4n) is 1.89. The van der Waals surface area contributed by atoms with Crippen molar-refractivity contribution < 1.29 is 4.79 Å². The van der Waals surface area contributed by atoms with E-state index < -0.39 is 0 Å². The maximum atomic E-state index is 12.1. The molecule has 1 aliphatic rings. The second-order valence-corrected chi connectivity index (χ2v) is 3.67. The smallest absolute Gasteiger partial charge is 0.262 e. The molecule has 1 amide bonds. The minimum absolute atomic E-state index is 0.112. The van der Waals surface area contributed by atoms with Gasteiger partial charge in [0.15, 0.2) is 0 Å². The molecule has 0 fully saturated rings. The number of hydrogen-bond acceptors (Lipinski definition) is 1. The van der Waals surface area contributed by atoms with E-state index in [4.69, 9.17) is 0 Å². The Morgan fingerprint density at radius 2 is 1.94 bits per heavy atom. The molecule has 0 bridgehead atoms. The van der Waals surface area contributed by atoms with Gasteiger partial charge in [-0.1, -0.05) is 44.0 Å². The molecule has 0 aromatic heterocycles. The molecule has 2 rings (SSSR count). The summed E-state index contributed by atoms with van der Waals surface area (Å²) in [6, 6.07) is 7.58. The molecule has 0 unspecified atom stereocenters. The van der Waals surface area contributed by atoms with E-state index in [9.17, 15) is 4.79 Å². The SMILES string of the molecule is C=C/C=C(\C=C)N1C(=O)C(=C)c2ccccc21. The normalized spacial score (nSPS) is 14.8. The Labute approximate surface area is 101 Å². The molecule has 0 radical (unpaired) electrons. The van der Waals surface area contributed by atoms with Gasteiger partial charge >= 0.3 is 0 Å². The van der Waals surface area contributed by atoms with Crippen LogP contribution in [0.3, 0.4) is 0 Å². The highest BCUT2D eigenvalue weighted by molar-refractivity contribution is 6.33. The largest absolute Gasteiger partial charge is 0.276 e. The minimum Gasteiger partial charge on any atom is -0.276 e. The summed E-state index contributed by atoms with van der Waals surface area (Å²) < 4.78 is 0. The molecule has 1 aromatic carbocycles. The van der Waals surface area contributed by atoms with Crippen LogP contribution in [0.2, 0.25) is 0 Å². The van der Waals surface area contributed by atoms with E-state index in [2.05, 4.69) is 19.7 Å². The van der Waals surface area contributed by atoms with Crippen molar-refractivity contribution >= 4 is 17.2 Å². The lowest BCUT2D eigenvalue weighted by Crippen LogP contribution is -2.24. The first-order chi connectivity index (χ1) is 8.20. The molecule has 0 saturated heterocycles. The lowest BCUT2D eigenvalue weighted by atomic mass is 10.1. The van der Waals surface area contributed by atoms with E-state index >= 15 is 0 Å². The number of amides is 1. The number of carbonyl (C=O) groups excluding carboxylic acids is 1. The monoisotopic (exact) mass is 223 g/mol. The zero-order valence-corrected chi connectivity index (χ0v) is 9.52. The lowest BCUT2D eigenvalue weighted by Gasteiger charge is -2.17. The zero-order chi connectivity index (χ0) is 12.4. The standard InChI is InChI=1S/C15H13NO/c1-4-8-12(5-2)16-14-10-7-6-9-13(14)11(3)15(16)17/h4-10H,1-3H2/b12-8+. The van der Waals surface area contributed by atoms with Gasteiger partial charge in [0.2, 0.25) is 0 Å². The van der Waals surface area contributed by atoms with E-state index in [1.54, 1.807) is 23.1 Å². The van der Waals surface area contributed by atoms with Crippen molar-refractivity contribution in [3.05, 3.63) is 73.5 Å². The summed E-state index contributed by atoms with van der Waals surface area (Å²) in [5, 5.41) is 0. The Morgan fingerprint density at radius 3 is 2.59 bits per heavy atom. The highest BCUT2D eigenvalue weighted by Gasteiger charge is 2.31. The molecule has 84 valence electrons. The van der Waals surface area contributed by atoms with Crippen LogP contribution in [0.4, 0.5) is 5.69 Å². The predicted molar refractivity (Wildman–Crippen MR) is 71.4 cm³/mol. The highest BCUT2D eigenvalue weighted by Crippen LogP contribution is 2.37. The zero-order valence-electron chi connectivity index (χ0n) is 9.52. The first kappa shape index (κ1) is 11.1. The molecule has 2 heteroatoms. The van der Waals surface area contributed by atoms with Gasteiger partial charge in [-0.3, -0.25) is 9.69 Å². The quantitative estimate of drug-likeness (QED) is 0.568. The third kappa shape index (κ3) is 1.64. The summed E-state index contributed by atoms with van der Waals surface area (Å²) in [7, 11) is 0. The maximum absolute atomic E-state index is 12.1. The summed E-state index contributed by atoms with van der Waals surface area (Å²) in [6.45, 7) is 11.2. The Morgan fingerprint density at radius 1 is 1.24 bits per heavy atom. The van der Waals surface area contributed by atoms with Crippen molar-refractivity contribution in [3.8, 4) is 0 Å². The van der Waals surface area contributed by atoms with Gasteiger partial charge in [-0.25, -0.2) is 0 Å². The van der Waals surface area contributed by atoms with Crippen LogP contribution in [-0.2, 0) is 4.79 Å². The van der Waals surface area contributed by atoms with Gasteiger partial charge in [0.05, 0.1) is 5.69 Å². The molecule has 1 aromatic rings. The van der Waals surface area contributed by atoms with Crippen LogP contribution in [0, 0.1) is 0 Å². The molecule has 1 aliphatic heterocycles. The summed E-state index contributed by atoms with van der Waals surface area (Å²) in [4.78, 5) is 13.7. The Balaban J connectivity index is 2.60. The topological polar surface area (TPSA) is 20.3 Å². The van der Waals surface area contributed by atoms with Gasteiger partial charge in [0, 0.05) is 16.8 Å². The molecule has 0 aliphatic carbocycles. The van der Waals surface area contributed by atoms with Crippen LogP contribution in [0.15, 0.2) is 67.9 Å². The minimum atomic E-state index is -0.112. The fourth-order valence-corrected chi connectivity index (χ4v) is 1.89. The molecular formula is C15H13NO. The predicted octanol–water partition coefficient (Wildman–Crippen LogP) is 3.30. The number of rotatable bonds is 3. The summed E-state index contributed by atoms with van der Waals surface area (Å²) in [5.41, 5.74) is 2.93. The van der Waals surface area contributed by atoms with Crippen LogP contribution in [0.5, 0.6) is 0 Å². The highest BCUT2D eigenvalue weighted by atomic mass is 16.2. The van der Waals surface area contributed by atoms with Gasteiger partial charge in [-0.05, 0) is 18.2 Å². The van der Waals surface area contributed by atoms with Crippen molar-refractivity contribution in [2.75, 3.05) is 4.90 Å². The van der Waals surface area contributed by atoms with E-state index in [0.717, 1.165) is 11.3 Å². The van der Waals surface area contributed by atoms with Crippen molar-refractivity contribution in [3.63, 3.8) is 0 Å². The summed E-state index contributed by atoms with van der Waals surface area (Å²) in [6.07, 6.45) is 5.02. The van der Waals surface area contributed by atoms with E-state index in [1.165, 1.54) is 0 Å². The Hall–Kier alpha value is -2.35. The van der Waals surface area contributed by atoms with Crippen molar-refractivity contribution in [1.82, 2.24) is 0 Å². The van der Waals surface area contributed by atoms with Crippen LogP contribution in [0.1, 0.15) is 5.56 Å². The second kappa shape index (κ2) is 4.26. The Bertz CT molecular complexity index is 552. The number of hydrogen-bond donors (Lipinski definition) is 0. The van der Waals surface area contributed by atoms with Gasteiger partial charge in [0.1, 0.15) is 0 Å². The van der Waals surface area contributed by atoms with Crippen LogP contribution >= 0.6 is 0 Å². The second-order valence-electron chi connectivity index (χ2n) is 3.67.